The predicted molar refractivity (Wildman–Crippen MR) is 72.1 cm³/mol. The molecule has 1 N–H and O–H groups in total. The molecule has 0 aromatic heterocycles. The van der Waals surface area contributed by atoms with E-state index in [2.05, 4.69) is 0 Å². The molecule has 0 radical (unpaired) electrons. The third-order valence-corrected chi connectivity index (χ3v) is 5.43. The zero-order valence-corrected chi connectivity index (χ0v) is 12.0. The van der Waals surface area contributed by atoms with E-state index in [-0.39, 0.29) is 29.6 Å². The minimum atomic E-state index is -3.83. The van der Waals surface area contributed by atoms with Crippen LogP contribution in [0.2, 0.25) is 0 Å². The van der Waals surface area contributed by atoms with Crippen molar-refractivity contribution < 1.29 is 23.2 Å². The lowest BCUT2D eigenvalue weighted by Crippen LogP contribution is -2.30. The molecule has 1 aromatic carbocycles. The van der Waals surface area contributed by atoms with Crippen molar-refractivity contribution in [1.29, 1.82) is 0 Å². The van der Waals surface area contributed by atoms with Crippen molar-refractivity contribution in [3.63, 3.8) is 0 Å². The van der Waals surface area contributed by atoms with Gasteiger partial charge in [0.2, 0.25) is 10.0 Å². The van der Waals surface area contributed by atoms with Gasteiger partial charge >= 0.3 is 5.97 Å². The zero-order valence-electron chi connectivity index (χ0n) is 11.2. The van der Waals surface area contributed by atoms with Gasteiger partial charge < -0.3 is 5.11 Å². The fourth-order valence-electron chi connectivity index (χ4n) is 2.33. The molecule has 0 spiro atoms. The number of rotatable bonds is 4. The van der Waals surface area contributed by atoms with Gasteiger partial charge in [0.15, 0.2) is 0 Å². The Balaban J connectivity index is 2.27. The highest BCUT2D eigenvalue weighted by atomic mass is 32.2. The average molecular weight is 314 g/mol. The van der Waals surface area contributed by atoms with Crippen molar-refractivity contribution in [2.45, 2.75) is 11.8 Å². The van der Waals surface area contributed by atoms with Crippen molar-refractivity contribution >= 4 is 21.7 Å². The number of sulfonamides is 1. The number of aliphatic carboxylic acids is 1. The zero-order chi connectivity index (χ0) is 15.8. The minimum Gasteiger partial charge on any atom is -0.481 e. The number of nitro benzene ring substituents is 1. The molecule has 2 atom stereocenters. The van der Waals surface area contributed by atoms with Gasteiger partial charge in [0.1, 0.15) is 0 Å². The lowest BCUT2D eigenvalue weighted by Gasteiger charge is -2.15. The number of hydrogen-bond acceptors (Lipinski definition) is 5. The molecule has 1 aromatic rings. The molecule has 0 aliphatic carbocycles. The Kier molecular flexibility index (Phi) is 3.97. The first-order chi connectivity index (χ1) is 9.73. The highest BCUT2D eigenvalue weighted by molar-refractivity contribution is 7.89. The van der Waals surface area contributed by atoms with Crippen LogP contribution >= 0.6 is 0 Å². The van der Waals surface area contributed by atoms with Gasteiger partial charge in [-0.25, -0.2) is 8.42 Å². The number of carboxylic acid groups (broad SMARTS) is 1. The summed E-state index contributed by atoms with van der Waals surface area (Å²) in [6.45, 7) is 1.72. The number of benzene rings is 1. The highest BCUT2D eigenvalue weighted by Gasteiger charge is 2.40. The molecule has 2 rings (SSSR count). The van der Waals surface area contributed by atoms with Crippen LogP contribution in [-0.4, -0.2) is 41.8 Å². The van der Waals surface area contributed by atoms with Gasteiger partial charge in [-0.15, -0.1) is 0 Å². The van der Waals surface area contributed by atoms with Gasteiger partial charge in [-0.2, -0.15) is 4.31 Å². The van der Waals surface area contributed by atoms with Crippen molar-refractivity contribution in [2.75, 3.05) is 13.1 Å². The molecule has 1 heterocycles. The number of carbonyl (C=O) groups is 1. The van der Waals surface area contributed by atoms with Gasteiger partial charge in [0.05, 0.1) is 15.7 Å². The molecule has 9 heteroatoms. The van der Waals surface area contributed by atoms with Crippen LogP contribution in [0.25, 0.3) is 0 Å². The molecule has 0 unspecified atom stereocenters. The lowest BCUT2D eigenvalue weighted by molar-refractivity contribution is -0.384. The van der Waals surface area contributed by atoms with Crippen LogP contribution in [0.15, 0.2) is 29.2 Å². The van der Waals surface area contributed by atoms with E-state index in [0.717, 1.165) is 28.6 Å². The Hall–Kier alpha value is -2.00. The molecular weight excluding hydrogens is 300 g/mol. The van der Waals surface area contributed by atoms with Gasteiger partial charge in [-0.3, -0.25) is 14.9 Å². The molecule has 1 fully saturated rings. The predicted octanol–water partition coefficient (Wildman–Crippen LogP) is 0.936. The summed E-state index contributed by atoms with van der Waals surface area (Å²) in [6.07, 6.45) is 0. The summed E-state index contributed by atoms with van der Waals surface area (Å²) >= 11 is 0. The maximum absolute atomic E-state index is 12.4. The SMILES string of the molecule is C[C@@H]1CN(S(=O)(=O)c2ccc([N+](=O)[O-])cc2)C[C@H]1C(=O)O. The van der Waals surface area contributed by atoms with E-state index in [0.29, 0.717) is 0 Å². The standard InChI is InChI=1S/C12H14N2O6S/c1-8-6-13(7-11(8)12(15)16)21(19,20)10-4-2-9(3-5-10)14(17)18/h2-5,8,11H,6-7H2,1H3,(H,15,16)/t8-,11-/m1/s1. The molecule has 8 nitrogen and oxygen atoms in total. The third kappa shape index (κ3) is 2.88. The Bertz CT molecular complexity index is 669. The normalized spacial score (nSPS) is 23.1. The Morgan fingerprint density at radius 3 is 2.33 bits per heavy atom. The first kappa shape index (κ1) is 15.4. The summed E-state index contributed by atoms with van der Waals surface area (Å²) in [6, 6.07) is 4.54. The Labute approximate surface area is 121 Å². The Morgan fingerprint density at radius 2 is 1.90 bits per heavy atom. The van der Waals surface area contributed by atoms with Crippen molar-refractivity contribution in [1.82, 2.24) is 4.31 Å². The molecular formula is C12H14N2O6S. The first-order valence-corrected chi connectivity index (χ1v) is 7.65. The summed E-state index contributed by atoms with van der Waals surface area (Å²) in [5, 5.41) is 19.6. The largest absolute Gasteiger partial charge is 0.481 e. The molecule has 114 valence electrons. The molecule has 1 aliphatic heterocycles. The van der Waals surface area contributed by atoms with Crippen LogP contribution in [0.1, 0.15) is 6.92 Å². The van der Waals surface area contributed by atoms with Gasteiger partial charge in [-0.1, -0.05) is 6.92 Å². The van der Waals surface area contributed by atoms with E-state index in [9.17, 15) is 23.3 Å². The molecule has 21 heavy (non-hydrogen) atoms. The summed E-state index contributed by atoms with van der Waals surface area (Å²) in [5.74, 6) is -2.04. The van der Waals surface area contributed by atoms with Gasteiger partial charge in [-0.05, 0) is 18.1 Å². The summed E-state index contributed by atoms with van der Waals surface area (Å²) in [5.41, 5.74) is -0.202. The Morgan fingerprint density at radius 1 is 1.33 bits per heavy atom. The number of non-ortho nitro benzene ring substituents is 1. The van der Waals surface area contributed by atoms with Crippen LogP contribution in [0, 0.1) is 22.0 Å². The van der Waals surface area contributed by atoms with Gasteiger partial charge in [0.25, 0.3) is 5.69 Å². The van der Waals surface area contributed by atoms with Crippen LogP contribution in [0.4, 0.5) is 5.69 Å². The van der Waals surface area contributed by atoms with Crippen LogP contribution in [0.5, 0.6) is 0 Å². The van der Waals surface area contributed by atoms with Gasteiger partial charge in [0, 0.05) is 25.2 Å². The summed E-state index contributed by atoms with van der Waals surface area (Å²) in [7, 11) is -3.83. The fraction of sp³-hybridized carbons (Fsp3) is 0.417. The lowest BCUT2D eigenvalue weighted by atomic mass is 9.99. The first-order valence-electron chi connectivity index (χ1n) is 6.21. The second-order valence-corrected chi connectivity index (χ2v) is 6.93. The van der Waals surface area contributed by atoms with Crippen molar-refractivity contribution in [3.8, 4) is 0 Å². The fourth-order valence-corrected chi connectivity index (χ4v) is 3.90. The van der Waals surface area contributed by atoms with E-state index < -0.39 is 26.8 Å². The maximum atomic E-state index is 12.4. The molecule has 0 amide bonds. The average Bonchev–Trinajstić information content (AvgIpc) is 2.82. The molecule has 0 bridgehead atoms. The number of hydrogen-bond donors (Lipinski definition) is 1. The monoisotopic (exact) mass is 314 g/mol. The third-order valence-electron chi connectivity index (χ3n) is 3.58. The summed E-state index contributed by atoms with van der Waals surface area (Å²) < 4.78 is 25.9. The van der Waals surface area contributed by atoms with E-state index in [4.69, 9.17) is 5.11 Å². The second-order valence-electron chi connectivity index (χ2n) is 5.00. The van der Waals surface area contributed by atoms with Crippen molar-refractivity contribution in [2.24, 2.45) is 11.8 Å². The number of nitrogens with zero attached hydrogens (tertiary/aromatic N) is 2. The number of nitro groups is 1. The van der Waals surface area contributed by atoms with Crippen LogP contribution in [-0.2, 0) is 14.8 Å². The van der Waals surface area contributed by atoms with E-state index in [1.807, 2.05) is 0 Å². The van der Waals surface area contributed by atoms with Crippen LogP contribution < -0.4 is 0 Å². The van der Waals surface area contributed by atoms with E-state index in [1.54, 1.807) is 6.92 Å². The summed E-state index contributed by atoms with van der Waals surface area (Å²) in [4.78, 5) is 20.9. The minimum absolute atomic E-state index is 0.0775. The molecule has 1 saturated heterocycles. The molecule has 1 aliphatic rings. The van der Waals surface area contributed by atoms with Crippen LogP contribution in [0.3, 0.4) is 0 Å². The smallest absolute Gasteiger partial charge is 0.308 e. The second kappa shape index (κ2) is 5.41. The molecule has 0 saturated carbocycles. The topological polar surface area (TPSA) is 118 Å². The van der Waals surface area contributed by atoms with E-state index in [1.165, 1.54) is 0 Å². The van der Waals surface area contributed by atoms with E-state index >= 15 is 0 Å². The maximum Gasteiger partial charge on any atom is 0.308 e. The quantitative estimate of drug-likeness (QED) is 0.652. The highest BCUT2D eigenvalue weighted by Crippen LogP contribution is 2.29. The van der Waals surface area contributed by atoms with Crippen molar-refractivity contribution in [3.05, 3.63) is 34.4 Å². The number of carboxylic acids is 1.